The highest BCUT2D eigenvalue weighted by atomic mass is 35.5. The number of urea groups is 1. The van der Waals surface area contributed by atoms with Gasteiger partial charge in [-0.2, -0.15) is 13.2 Å². The molecule has 1 aliphatic rings. The van der Waals surface area contributed by atoms with Gasteiger partial charge in [0.25, 0.3) is 5.56 Å². The van der Waals surface area contributed by atoms with E-state index in [9.17, 15) is 27.6 Å². The monoisotopic (exact) mass is 485 g/mol. The number of aromatic nitrogens is 2. The molecular formula is C21H23ClF3N5O3. The minimum absolute atomic E-state index is 0.0887. The number of halogens is 4. The third kappa shape index (κ3) is 7.21. The third-order valence-electron chi connectivity index (χ3n) is 5.04. The van der Waals surface area contributed by atoms with Gasteiger partial charge in [-0.25, -0.2) is 9.78 Å². The molecule has 1 fully saturated rings. The van der Waals surface area contributed by atoms with Crippen molar-refractivity contribution in [1.29, 1.82) is 0 Å². The lowest BCUT2D eigenvalue weighted by atomic mass is 10.1. The minimum Gasteiger partial charge on any atom is -0.353 e. The van der Waals surface area contributed by atoms with Crippen molar-refractivity contribution >= 4 is 23.5 Å². The Balaban J connectivity index is 1.74. The van der Waals surface area contributed by atoms with E-state index in [0.29, 0.717) is 30.2 Å². The van der Waals surface area contributed by atoms with E-state index in [2.05, 4.69) is 15.6 Å². The fraction of sp³-hybridized carbons (Fsp3) is 0.429. The number of alkyl halides is 3. The molecule has 0 bridgehead atoms. The summed E-state index contributed by atoms with van der Waals surface area (Å²) in [5.74, 6) is -0.416. The summed E-state index contributed by atoms with van der Waals surface area (Å²) in [6, 6.07) is 7.54. The van der Waals surface area contributed by atoms with Crippen LogP contribution < -0.4 is 16.2 Å². The van der Waals surface area contributed by atoms with Crippen LogP contribution in [0.2, 0.25) is 5.02 Å². The molecule has 0 unspecified atom stereocenters. The van der Waals surface area contributed by atoms with Crippen LogP contribution in [0.1, 0.15) is 18.7 Å². The van der Waals surface area contributed by atoms with Crippen LogP contribution in [0, 0.1) is 0 Å². The van der Waals surface area contributed by atoms with E-state index in [1.54, 1.807) is 24.3 Å². The van der Waals surface area contributed by atoms with Crippen LogP contribution >= 0.6 is 11.6 Å². The van der Waals surface area contributed by atoms with Crippen molar-refractivity contribution < 1.29 is 22.8 Å². The quantitative estimate of drug-likeness (QED) is 0.570. The van der Waals surface area contributed by atoms with Crippen molar-refractivity contribution in [2.24, 2.45) is 0 Å². The van der Waals surface area contributed by atoms with Gasteiger partial charge in [0, 0.05) is 55.7 Å². The number of hydrogen-bond donors (Lipinski definition) is 2. The van der Waals surface area contributed by atoms with Gasteiger partial charge in [-0.15, -0.1) is 0 Å². The van der Waals surface area contributed by atoms with Gasteiger partial charge in [0.2, 0.25) is 5.91 Å². The van der Waals surface area contributed by atoms with Gasteiger partial charge in [-0.05, 0) is 18.6 Å². The molecular weight excluding hydrogens is 463 g/mol. The first kappa shape index (κ1) is 24.6. The van der Waals surface area contributed by atoms with Crippen LogP contribution in [0.5, 0.6) is 0 Å². The number of carbonyl (C=O) groups excluding carboxylic acids is 2. The van der Waals surface area contributed by atoms with Gasteiger partial charge in [-0.3, -0.25) is 14.2 Å². The minimum atomic E-state index is -4.34. The van der Waals surface area contributed by atoms with E-state index in [4.69, 9.17) is 11.6 Å². The predicted molar refractivity (Wildman–Crippen MR) is 116 cm³/mol. The average molecular weight is 486 g/mol. The molecule has 1 saturated heterocycles. The SMILES string of the molecule is O=C(Cn1c(CCCC(F)(F)F)nc(-c2ccc(Cl)cc2)cc1=O)NCCN1CCNC1=O. The number of benzene rings is 1. The van der Waals surface area contributed by atoms with E-state index in [1.807, 2.05) is 0 Å². The highest BCUT2D eigenvalue weighted by molar-refractivity contribution is 6.30. The molecule has 2 N–H and O–H groups in total. The van der Waals surface area contributed by atoms with Crippen molar-refractivity contribution in [3.8, 4) is 11.3 Å². The Morgan fingerprint density at radius 3 is 2.58 bits per heavy atom. The number of carbonyl (C=O) groups is 2. The zero-order valence-corrected chi connectivity index (χ0v) is 18.4. The van der Waals surface area contributed by atoms with E-state index in [1.165, 1.54) is 11.0 Å². The van der Waals surface area contributed by atoms with Gasteiger partial charge in [-0.1, -0.05) is 23.7 Å². The van der Waals surface area contributed by atoms with Crippen LogP contribution in [-0.2, 0) is 17.8 Å². The smallest absolute Gasteiger partial charge is 0.353 e. The van der Waals surface area contributed by atoms with Gasteiger partial charge in [0.1, 0.15) is 12.4 Å². The van der Waals surface area contributed by atoms with Crippen molar-refractivity contribution in [3.05, 3.63) is 51.5 Å². The van der Waals surface area contributed by atoms with Gasteiger partial charge in [0.05, 0.1) is 5.69 Å². The van der Waals surface area contributed by atoms with Crippen molar-refractivity contribution in [3.63, 3.8) is 0 Å². The molecule has 0 spiro atoms. The van der Waals surface area contributed by atoms with Crippen molar-refractivity contribution in [2.75, 3.05) is 26.2 Å². The molecule has 1 aromatic heterocycles. The maximum atomic E-state index is 12.8. The molecule has 8 nitrogen and oxygen atoms in total. The van der Waals surface area contributed by atoms with Crippen LogP contribution in [-0.4, -0.2) is 58.7 Å². The van der Waals surface area contributed by atoms with E-state index in [-0.39, 0.29) is 43.5 Å². The van der Waals surface area contributed by atoms with Crippen molar-refractivity contribution in [2.45, 2.75) is 32.0 Å². The molecule has 1 aromatic carbocycles. The lowest BCUT2D eigenvalue weighted by Gasteiger charge is -2.16. The molecule has 2 aromatic rings. The van der Waals surface area contributed by atoms with Gasteiger partial charge >= 0.3 is 12.2 Å². The second kappa shape index (κ2) is 10.7. The zero-order chi connectivity index (χ0) is 24.0. The summed E-state index contributed by atoms with van der Waals surface area (Å²) in [7, 11) is 0. The number of hydrogen-bond acceptors (Lipinski definition) is 4. The second-order valence-electron chi connectivity index (χ2n) is 7.53. The summed E-state index contributed by atoms with van der Waals surface area (Å²) in [6.45, 7) is 1.17. The number of amides is 3. The Morgan fingerprint density at radius 1 is 1.21 bits per heavy atom. The molecule has 3 rings (SSSR count). The Bertz CT molecular complexity index is 1060. The fourth-order valence-corrected chi connectivity index (χ4v) is 3.51. The van der Waals surface area contributed by atoms with Crippen LogP contribution in [0.3, 0.4) is 0 Å². The molecule has 2 heterocycles. The fourth-order valence-electron chi connectivity index (χ4n) is 3.38. The molecule has 0 radical (unpaired) electrons. The third-order valence-corrected chi connectivity index (χ3v) is 5.29. The first-order chi connectivity index (χ1) is 15.6. The molecule has 1 aliphatic heterocycles. The summed E-state index contributed by atoms with van der Waals surface area (Å²) in [5, 5.41) is 5.76. The average Bonchev–Trinajstić information content (AvgIpc) is 3.14. The second-order valence-corrected chi connectivity index (χ2v) is 7.96. The van der Waals surface area contributed by atoms with Crippen LogP contribution in [0.4, 0.5) is 18.0 Å². The Labute approximate surface area is 192 Å². The number of nitrogens with one attached hydrogen (secondary N) is 2. The highest BCUT2D eigenvalue weighted by Gasteiger charge is 2.26. The Hall–Kier alpha value is -3.08. The van der Waals surface area contributed by atoms with E-state index >= 15 is 0 Å². The Kier molecular flexibility index (Phi) is 7.96. The highest BCUT2D eigenvalue weighted by Crippen LogP contribution is 2.23. The standard InChI is InChI=1S/C21H23ClF3N5O3/c22-15-5-3-14(4-6-15)16-12-19(32)30(17(28-16)2-1-7-21(23,24)25)13-18(31)26-8-10-29-11-9-27-20(29)33/h3-6,12H,1-2,7-11,13H2,(H,26,31)(H,27,33). The maximum absolute atomic E-state index is 12.8. The predicted octanol–water partition coefficient (Wildman–Crippen LogP) is 2.59. The van der Waals surface area contributed by atoms with E-state index in [0.717, 1.165) is 4.57 Å². The molecule has 0 aliphatic carbocycles. The van der Waals surface area contributed by atoms with Gasteiger partial charge in [0.15, 0.2) is 0 Å². The molecule has 178 valence electrons. The molecule has 12 heteroatoms. The number of rotatable bonds is 9. The molecule has 33 heavy (non-hydrogen) atoms. The first-order valence-electron chi connectivity index (χ1n) is 10.4. The lowest BCUT2D eigenvalue weighted by Crippen LogP contribution is -2.39. The number of aryl methyl sites for hydroxylation is 1. The summed E-state index contributed by atoms with van der Waals surface area (Å²) in [6.07, 6.45) is -5.76. The summed E-state index contributed by atoms with van der Waals surface area (Å²) >= 11 is 5.88. The first-order valence-corrected chi connectivity index (χ1v) is 10.7. The van der Waals surface area contributed by atoms with Gasteiger partial charge < -0.3 is 15.5 Å². The largest absolute Gasteiger partial charge is 0.389 e. The summed E-state index contributed by atoms with van der Waals surface area (Å²) in [5.41, 5.74) is 0.315. The zero-order valence-electron chi connectivity index (χ0n) is 17.6. The van der Waals surface area contributed by atoms with Crippen LogP contribution in [0.15, 0.2) is 35.1 Å². The topological polar surface area (TPSA) is 96.3 Å². The lowest BCUT2D eigenvalue weighted by molar-refractivity contribution is -0.135. The van der Waals surface area contributed by atoms with E-state index < -0.39 is 24.1 Å². The Morgan fingerprint density at radius 2 is 1.94 bits per heavy atom. The molecule has 3 amide bonds. The number of nitrogens with zero attached hydrogens (tertiary/aromatic N) is 3. The normalized spacial score (nSPS) is 13.8. The van der Waals surface area contributed by atoms with Crippen LogP contribution in [0.25, 0.3) is 11.3 Å². The summed E-state index contributed by atoms with van der Waals surface area (Å²) in [4.78, 5) is 42.6. The summed E-state index contributed by atoms with van der Waals surface area (Å²) < 4.78 is 39.0. The maximum Gasteiger partial charge on any atom is 0.389 e. The molecule has 0 atom stereocenters. The molecule has 0 saturated carbocycles. The van der Waals surface area contributed by atoms with Crippen molar-refractivity contribution in [1.82, 2.24) is 25.1 Å².